The summed E-state index contributed by atoms with van der Waals surface area (Å²) in [5.74, 6) is -0.552. The van der Waals surface area contributed by atoms with E-state index in [9.17, 15) is 14.7 Å². The molecule has 3 aliphatic carbocycles. The van der Waals surface area contributed by atoms with Crippen LogP contribution in [0.2, 0.25) is 0 Å². The summed E-state index contributed by atoms with van der Waals surface area (Å²) in [5.41, 5.74) is -1.41. The zero-order valence-corrected chi connectivity index (χ0v) is 17.7. The second-order valence-corrected chi connectivity index (χ2v) is 9.81. The lowest BCUT2D eigenvalue weighted by Crippen LogP contribution is -2.55. The molecule has 3 fully saturated rings. The van der Waals surface area contributed by atoms with E-state index < -0.39 is 17.1 Å². The van der Waals surface area contributed by atoms with Gasteiger partial charge in [0.2, 0.25) is 0 Å². The Labute approximate surface area is 162 Å². The Morgan fingerprint density at radius 3 is 2.30 bits per heavy atom. The number of esters is 2. The SMILES string of the molecule is C/C=C(/C)C(=O)O[C@@H]1C[C@]2(C)[C@H](OC(C)=O)C(C)(C)[C@H]3CC[C@H](C)[C@@H]1[C@]32O. The van der Waals surface area contributed by atoms with Crippen LogP contribution in [0.15, 0.2) is 11.6 Å². The van der Waals surface area contributed by atoms with Crippen LogP contribution in [0.3, 0.4) is 0 Å². The summed E-state index contributed by atoms with van der Waals surface area (Å²) in [7, 11) is 0. The van der Waals surface area contributed by atoms with Gasteiger partial charge in [-0.1, -0.05) is 33.8 Å². The molecule has 0 saturated heterocycles. The zero-order chi connectivity index (χ0) is 20.4. The number of carbonyl (C=O) groups is 2. The van der Waals surface area contributed by atoms with Crippen molar-refractivity contribution >= 4 is 11.9 Å². The molecule has 7 atom stereocenters. The minimum atomic E-state index is -1.01. The van der Waals surface area contributed by atoms with Crippen LogP contribution in [0.1, 0.15) is 67.7 Å². The molecule has 0 radical (unpaired) electrons. The van der Waals surface area contributed by atoms with Gasteiger partial charge in [-0.05, 0) is 44.9 Å². The summed E-state index contributed by atoms with van der Waals surface area (Å²) in [4.78, 5) is 24.3. The molecule has 0 aromatic rings. The topological polar surface area (TPSA) is 72.8 Å². The monoisotopic (exact) mass is 378 g/mol. The Hall–Kier alpha value is -1.36. The van der Waals surface area contributed by atoms with Gasteiger partial charge in [0.1, 0.15) is 12.2 Å². The van der Waals surface area contributed by atoms with Gasteiger partial charge in [0.05, 0.1) is 5.60 Å². The third-order valence-corrected chi connectivity index (χ3v) is 7.95. The summed E-state index contributed by atoms with van der Waals surface area (Å²) in [6.45, 7) is 13.3. The Morgan fingerprint density at radius 2 is 1.74 bits per heavy atom. The Morgan fingerprint density at radius 1 is 1.11 bits per heavy atom. The first-order chi connectivity index (χ1) is 12.4. The lowest BCUT2D eigenvalue weighted by molar-refractivity contribution is -0.169. The summed E-state index contributed by atoms with van der Waals surface area (Å²) < 4.78 is 11.7. The fourth-order valence-corrected chi connectivity index (χ4v) is 6.80. The molecule has 0 aliphatic heterocycles. The van der Waals surface area contributed by atoms with Gasteiger partial charge in [-0.3, -0.25) is 4.79 Å². The van der Waals surface area contributed by atoms with Gasteiger partial charge < -0.3 is 14.6 Å². The van der Waals surface area contributed by atoms with Crippen LogP contribution >= 0.6 is 0 Å². The number of aliphatic hydroxyl groups is 1. The van der Waals surface area contributed by atoms with Crippen molar-refractivity contribution < 1.29 is 24.2 Å². The predicted molar refractivity (Wildman–Crippen MR) is 102 cm³/mol. The van der Waals surface area contributed by atoms with E-state index in [1.165, 1.54) is 6.92 Å². The minimum absolute atomic E-state index is 0.00654. The maximum Gasteiger partial charge on any atom is 0.333 e. The van der Waals surface area contributed by atoms with Crippen molar-refractivity contribution in [2.75, 3.05) is 0 Å². The van der Waals surface area contributed by atoms with Gasteiger partial charge in [0, 0.05) is 29.2 Å². The van der Waals surface area contributed by atoms with Crippen LogP contribution in [0.4, 0.5) is 0 Å². The highest BCUT2D eigenvalue weighted by Crippen LogP contribution is 2.73. The second-order valence-electron chi connectivity index (χ2n) is 9.81. The van der Waals surface area contributed by atoms with E-state index in [1.807, 2.05) is 13.8 Å². The fourth-order valence-electron chi connectivity index (χ4n) is 6.80. The molecule has 3 aliphatic rings. The molecule has 0 spiro atoms. The van der Waals surface area contributed by atoms with E-state index in [0.717, 1.165) is 12.8 Å². The summed E-state index contributed by atoms with van der Waals surface area (Å²) in [6, 6.07) is 0. The molecular weight excluding hydrogens is 344 g/mol. The van der Waals surface area contributed by atoms with E-state index in [-0.39, 0.29) is 41.2 Å². The first-order valence-electron chi connectivity index (χ1n) is 10.1. The smallest absolute Gasteiger partial charge is 0.333 e. The van der Waals surface area contributed by atoms with Crippen molar-refractivity contribution in [1.29, 1.82) is 0 Å². The molecule has 0 heterocycles. The van der Waals surface area contributed by atoms with Crippen LogP contribution in [-0.2, 0) is 19.1 Å². The summed E-state index contributed by atoms with van der Waals surface area (Å²) >= 11 is 0. The summed E-state index contributed by atoms with van der Waals surface area (Å²) in [6.07, 6.45) is 3.35. The molecule has 5 nitrogen and oxygen atoms in total. The van der Waals surface area contributed by atoms with Crippen LogP contribution in [0.5, 0.6) is 0 Å². The van der Waals surface area contributed by atoms with Crippen molar-refractivity contribution in [1.82, 2.24) is 0 Å². The standard InChI is InChI=1S/C22H34O5/c1-8-12(2)18(24)27-15-11-21(7)19(26-14(4)23)20(5,6)16-10-9-13(3)17(15)22(16,21)25/h8,13,15-17,19,25H,9-11H2,1-7H3/b12-8-/t13-,15+,16+,17-,19+,21+,22+/m0/s1. The maximum atomic E-state index is 12.5. The van der Waals surface area contributed by atoms with Crippen molar-refractivity contribution in [3.8, 4) is 0 Å². The average molecular weight is 379 g/mol. The first-order valence-corrected chi connectivity index (χ1v) is 10.1. The van der Waals surface area contributed by atoms with Gasteiger partial charge in [0.15, 0.2) is 0 Å². The lowest BCUT2D eigenvalue weighted by Gasteiger charge is -2.49. The quantitative estimate of drug-likeness (QED) is 0.600. The van der Waals surface area contributed by atoms with Gasteiger partial charge in [-0.25, -0.2) is 4.79 Å². The summed E-state index contributed by atoms with van der Waals surface area (Å²) in [5, 5.41) is 12.1. The number of rotatable bonds is 3. The Bertz CT molecular complexity index is 680. The van der Waals surface area contributed by atoms with Crippen LogP contribution in [-0.4, -0.2) is 34.9 Å². The highest BCUT2D eigenvalue weighted by atomic mass is 16.6. The Kier molecular flexibility index (Phi) is 4.78. The molecule has 3 rings (SSSR count). The van der Waals surface area contributed by atoms with Gasteiger partial charge in [-0.2, -0.15) is 0 Å². The molecule has 0 unspecified atom stereocenters. The van der Waals surface area contributed by atoms with Crippen molar-refractivity contribution in [3.63, 3.8) is 0 Å². The molecule has 0 aromatic heterocycles. The Balaban J connectivity index is 2.05. The highest BCUT2D eigenvalue weighted by Gasteiger charge is 2.79. The molecule has 152 valence electrons. The predicted octanol–water partition coefficient (Wildman–Crippen LogP) is 3.64. The zero-order valence-electron chi connectivity index (χ0n) is 17.7. The van der Waals surface area contributed by atoms with E-state index in [4.69, 9.17) is 9.47 Å². The third kappa shape index (κ3) is 2.60. The third-order valence-electron chi connectivity index (χ3n) is 7.95. The fraction of sp³-hybridized carbons (Fsp3) is 0.818. The number of hydrogen-bond donors (Lipinski definition) is 1. The normalized spacial score (nSPS) is 45.3. The van der Waals surface area contributed by atoms with Gasteiger partial charge >= 0.3 is 11.9 Å². The van der Waals surface area contributed by atoms with Crippen LogP contribution in [0, 0.1) is 28.6 Å². The van der Waals surface area contributed by atoms with Crippen molar-refractivity contribution in [2.45, 2.75) is 85.5 Å². The average Bonchev–Trinajstić information content (AvgIpc) is 2.86. The number of ether oxygens (including phenoxy) is 2. The van der Waals surface area contributed by atoms with Gasteiger partial charge in [0.25, 0.3) is 0 Å². The molecule has 1 N–H and O–H groups in total. The number of hydrogen-bond acceptors (Lipinski definition) is 5. The molecular formula is C22H34O5. The van der Waals surface area contributed by atoms with E-state index in [1.54, 1.807) is 13.0 Å². The van der Waals surface area contributed by atoms with Crippen molar-refractivity contribution in [2.24, 2.45) is 28.6 Å². The second kappa shape index (κ2) is 6.33. The number of allylic oxidation sites excluding steroid dienone is 1. The first kappa shape index (κ1) is 20.4. The largest absolute Gasteiger partial charge is 0.461 e. The van der Waals surface area contributed by atoms with Crippen LogP contribution in [0.25, 0.3) is 0 Å². The molecule has 0 aromatic carbocycles. The maximum absolute atomic E-state index is 12.5. The number of carbonyl (C=O) groups excluding carboxylic acids is 2. The van der Waals surface area contributed by atoms with E-state index in [2.05, 4.69) is 20.8 Å². The molecule has 0 bridgehead atoms. The van der Waals surface area contributed by atoms with Crippen molar-refractivity contribution in [3.05, 3.63) is 11.6 Å². The van der Waals surface area contributed by atoms with E-state index >= 15 is 0 Å². The molecule has 0 amide bonds. The van der Waals surface area contributed by atoms with Crippen LogP contribution < -0.4 is 0 Å². The molecule has 27 heavy (non-hydrogen) atoms. The highest BCUT2D eigenvalue weighted by molar-refractivity contribution is 5.87. The molecule has 5 heteroatoms. The van der Waals surface area contributed by atoms with E-state index in [0.29, 0.717) is 12.0 Å². The minimum Gasteiger partial charge on any atom is -0.461 e. The lowest BCUT2D eigenvalue weighted by atomic mass is 9.60. The molecule has 3 saturated carbocycles. The van der Waals surface area contributed by atoms with Gasteiger partial charge in [-0.15, -0.1) is 0 Å².